The van der Waals surface area contributed by atoms with Crippen molar-refractivity contribution in [2.45, 2.75) is 33.1 Å². The third-order valence-electron chi connectivity index (χ3n) is 3.87. The molecule has 1 unspecified atom stereocenters. The standard InChI is InChI=1S/C15H21N3/c1-10-3-4-12-7-11(2)9-14(13(12)8-10)18-15-16-5-6-17-15/h7,9-10H,3-6,8H2,1-2H3,(H2,16,17,18). The first-order valence-electron chi connectivity index (χ1n) is 6.90. The molecule has 3 rings (SSSR count). The number of nitrogens with one attached hydrogen (secondary N) is 2. The summed E-state index contributed by atoms with van der Waals surface area (Å²) in [4.78, 5) is 4.42. The minimum atomic E-state index is 0.791. The second kappa shape index (κ2) is 4.63. The Morgan fingerprint density at radius 3 is 3.06 bits per heavy atom. The zero-order valence-corrected chi connectivity index (χ0v) is 11.2. The molecule has 3 nitrogen and oxygen atoms in total. The van der Waals surface area contributed by atoms with Gasteiger partial charge in [0.1, 0.15) is 0 Å². The van der Waals surface area contributed by atoms with Gasteiger partial charge in [0, 0.05) is 12.2 Å². The smallest absolute Gasteiger partial charge is 0.195 e. The molecule has 0 saturated heterocycles. The Balaban J connectivity index is 1.94. The van der Waals surface area contributed by atoms with E-state index in [9.17, 15) is 0 Å². The summed E-state index contributed by atoms with van der Waals surface area (Å²) in [6, 6.07) is 4.59. The molecule has 0 radical (unpaired) electrons. The summed E-state index contributed by atoms with van der Waals surface area (Å²) in [6.45, 7) is 6.35. The Morgan fingerprint density at radius 1 is 1.39 bits per heavy atom. The molecule has 18 heavy (non-hydrogen) atoms. The highest BCUT2D eigenvalue weighted by atomic mass is 15.2. The number of benzene rings is 1. The fourth-order valence-corrected chi connectivity index (χ4v) is 2.93. The molecular weight excluding hydrogens is 222 g/mol. The summed E-state index contributed by atoms with van der Waals surface area (Å²) >= 11 is 0. The molecule has 0 fully saturated rings. The minimum Gasteiger partial charge on any atom is -0.354 e. The lowest BCUT2D eigenvalue weighted by Crippen LogP contribution is -2.27. The molecule has 1 aliphatic carbocycles. The van der Waals surface area contributed by atoms with Crippen LogP contribution in [0, 0.1) is 12.8 Å². The van der Waals surface area contributed by atoms with E-state index in [4.69, 9.17) is 0 Å². The third kappa shape index (κ3) is 2.22. The number of fused-ring (bicyclic) bond motifs is 1. The average molecular weight is 243 g/mol. The van der Waals surface area contributed by atoms with E-state index in [1.165, 1.54) is 41.6 Å². The van der Waals surface area contributed by atoms with Crippen LogP contribution in [0.25, 0.3) is 0 Å². The van der Waals surface area contributed by atoms with E-state index < -0.39 is 0 Å². The van der Waals surface area contributed by atoms with Crippen molar-refractivity contribution in [3.8, 4) is 0 Å². The molecule has 0 aromatic heterocycles. The van der Waals surface area contributed by atoms with Crippen LogP contribution in [-0.4, -0.2) is 19.0 Å². The van der Waals surface area contributed by atoms with E-state index in [0.717, 1.165) is 25.0 Å². The number of hydrogen-bond donors (Lipinski definition) is 2. The Labute approximate surface area is 109 Å². The van der Waals surface area contributed by atoms with Crippen molar-refractivity contribution in [1.29, 1.82) is 0 Å². The Morgan fingerprint density at radius 2 is 2.28 bits per heavy atom. The largest absolute Gasteiger partial charge is 0.354 e. The van der Waals surface area contributed by atoms with E-state index in [-0.39, 0.29) is 0 Å². The highest BCUT2D eigenvalue weighted by molar-refractivity contribution is 5.95. The number of hydrogen-bond acceptors (Lipinski definition) is 3. The Kier molecular flexibility index (Phi) is 2.98. The summed E-state index contributed by atoms with van der Waals surface area (Å²) in [7, 11) is 0. The maximum atomic E-state index is 4.42. The maximum Gasteiger partial charge on any atom is 0.195 e. The molecule has 2 aliphatic rings. The molecule has 1 atom stereocenters. The summed E-state index contributed by atoms with van der Waals surface area (Å²) in [5.41, 5.74) is 5.61. The van der Waals surface area contributed by atoms with E-state index >= 15 is 0 Å². The number of anilines is 1. The predicted molar refractivity (Wildman–Crippen MR) is 76.3 cm³/mol. The minimum absolute atomic E-state index is 0.791. The summed E-state index contributed by atoms with van der Waals surface area (Å²) in [5, 5.41) is 6.75. The fourth-order valence-electron chi connectivity index (χ4n) is 2.93. The first-order chi connectivity index (χ1) is 8.72. The Bertz CT molecular complexity index is 491. The first-order valence-corrected chi connectivity index (χ1v) is 6.90. The van der Waals surface area contributed by atoms with Crippen molar-refractivity contribution >= 4 is 11.6 Å². The molecule has 96 valence electrons. The van der Waals surface area contributed by atoms with Gasteiger partial charge in [0.2, 0.25) is 0 Å². The van der Waals surface area contributed by atoms with Crippen LogP contribution in [0.4, 0.5) is 5.69 Å². The molecule has 1 aliphatic heterocycles. The van der Waals surface area contributed by atoms with E-state index in [2.05, 4.69) is 41.6 Å². The van der Waals surface area contributed by atoms with Crippen LogP contribution in [0.3, 0.4) is 0 Å². The summed E-state index contributed by atoms with van der Waals surface area (Å²) < 4.78 is 0. The molecule has 0 saturated carbocycles. The van der Waals surface area contributed by atoms with Gasteiger partial charge in [0.25, 0.3) is 0 Å². The van der Waals surface area contributed by atoms with Crippen molar-refractivity contribution in [1.82, 2.24) is 5.32 Å². The van der Waals surface area contributed by atoms with Gasteiger partial charge >= 0.3 is 0 Å². The fraction of sp³-hybridized carbons (Fsp3) is 0.533. The van der Waals surface area contributed by atoms with E-state index in [1.54, 1.807) is 0 Å². The SMILES string of the molecule is Cc1cc2c(c(NC3=NCCN3)c1)CC(C)CC2. The number of nitrogens with zero attached hydrogens (tertiary/aromatic N) is 1. The van der Waals surface area contributed by atoms with Gasteiger partial charge in [-0.25, -0.2) is 0 Å². The van der Waals surface area contributed by atoms with E-state index in [0.29, 0.717) is 0 Å². The zero-order valence-electron chi connectivity index (χ0n) is 11.2. The normalized spacial score (nSPS) is 22.1. The van der Waals surface area contributed by atoms with Crippen LogP contribution in [0.5, 0.6) is 0 Å². The van der Waals surface area contributed by atoms with Gasteiger partial charge in [-0.1, -0.05) is 13.0 Å². The zero-order chi connectivity index (χ0) is 12.5. The van der Waals surface area contributed by atoms with Gasteiger partial charge in [-0.3, -0.25) is 4.99 Å². The second-order valence-corrected chi connectivity index (χ2v) is 5.58. The van der Waals surface area contributed by atoms with Crippen molar-refractivity contribution in [3.05, 3.63) is 28.8 Å². The molecule has 2 N–H and O–H groups in total. The van der Waals surface area contributed by atoms with Gasteiger partial charge in [0.15, 0.2) is 5.96 Å². The lowest BCUT2D eigenvalue weighted by atomic mass is 9.83. The van der Waals surface area contributed by atoms with Gasteiger partial charge < -0.3 is 10.6 Å². The Hall–Kier alpha value is -1.51. The molecular formula is C15H21N3. The topological polar surface area (TPSA) is 36.4 Å². The highest BCUT2D eigenvalue weighted by Crippen LogP contribution is 2.32. The van der Waals surface area contributed by atoms with Crippen LogP contribution >= 0.6 is 0 Å². The average Bonchev–Trinajstić information content (AvgIpc) is 2.83. The molecule has 1 aromatic carbocycles. The van der Waals surface area contributed by atoms with Crippen LogP contribution in [0.2, 0.25) is 0 Å². The molecule has 0 amide bonds. The van der Waals surface area contributed by atoms with Gasteiger partial charge in [0.05, 0.1) is 6.54 Å². The number of aryl methyl sites for hydroxylation is 2. The summed E-state index contributed by atoms with van der Waals surface area (Å²) in [6.07, 6.45) is 3.72. The van der Waals surface area contributed by atoms with Crippen LogP contribution in [0.15, 0.2) is 17.1 Å². The first kappa shape index (κ1) is 11.6. The number of aliphatic imine (C=N–C) groups is 1. The summed E-state index contributed by atoms with van der Waals surface area (Å²) in [5.74, 6) is 1.72. The van der Waals surface area contributed by atoms with Crippen molar-refractivity contribution in [3.63, 3.8) is 0 Å². The van der Waals surface area contributed by atoms with E-state index in [1.807, 2.05) is 0 Å². The third-order valence-corrected chi connectivity index (χ3v) is 3.87. The quantitative estimate of drug-likeness (QED) is 0.795. The molecule has 1 heterocycles. The van der Waals surface area contributed by atoms with Crippen LogP contribution < -0.4 is 10.6 Å². The molecule has 0 spiro atoms. The molecule has 1 aromatic rings. The molecule has 3 heteroatoms. The van der Waals surface area contributed by atoms with Gasteiger partial charge in [-0.15, -0.1) is 0 Å². The van der Waals surface area contributed by atoms with Crippen molar-refractivity contribution in [2.75, 3.05) is 18.4 Å². The predicted octanol–water partition coefficient (Wildman–Crippen LogP) is 2.49. The van der Waals surface area contributed by atoms with Crippen LogP contribution in [-0.2, 0) is 12.8 Å². The van der Waals surface area contributed by atoms with Crippen molar-refractivity contribution < 1.29 is 0 Å². The lowest BCUT2D eigenvalue weighted by molar-refractivity contribution is 0.502. The van der Waals surface area contributed by atoms with Crippen LogP contribution in [0.1, 0.15) is 30.0 Å². The maximum absolute atomic E-state index is 4.42. The number of guanidine groups is 1. The lowest BCUT2D eigenvalue weighted by Gasteiger charge is -2.25. The monoisotopic (exact) mass is 243 g/mol. The highest BCUT2D eigenvalue weighted by Gasteiger charge is 2.19. The van der Waals surface area contributed by atoms with Gasteiger partial charge in [-0.2, -0.15) is 0 Å². The molecule has 0 bridgehead atoms. The van der Waals surface area contributed by atoms with Crippen molar-refractivity contribution in [2.24, 2.45) is 10.9 Å². The second-order valence-electron chi connectivity index (χ2n) is 5.58. The van der Waals surface area contributed by atoms with Gasteiger partial charge in [-0.05, 0) is 54.9 Å². The number of rotatable bonds is 1.